The average molecular weight is 255 g/mol. The Labute approximate surface area is 115 Å². The molecule has 0 fully saturated rings. The molecule has 19 heavy (non-hydrogen) atoms. The molecule has 2 nitrogen and oxygen atoms in total. The molecular formula is C17H21NO. The molecule has 2 rings (SSSR count). The first-order valence-electron chi connectivity index (χ1n) is 6.62. The molecule has 0 aliphatic rings. The lowest BCUT2D eigenvalue weighted by Gasteiger charge is -2.21. The van der Waals surface area contributed by atoms with E-state index in [1.54, 1.807) is 0 Å². The molecular weight excluding hydrogens is 234 g/mol. The highest BCUT2D eigenvalue weighted by atomic mass is 16.5. The van der Waals surface area contributed by atoms with E-state index in [-0.39, 0.29) is 6.10 Å². The van der Waals surface area contributed by atoms with Crippen LogP contribution in [0.5, 0.6) is 5.75 Å². The van der Waals surface area contributed by atoms with Crippen LogP contribution in [0.15, 0.2) is 42.5 Å². The highest BCUT2D eigenvalue weighted by Crippen LogP contribution is 2.27. The molecule has 0 spiro atoms. The van der Waals surface area contributed by atoms with Crippen molar-refractivity contribution in [1.29, 1.82) is 0 Å². The number of hydrogen-bond acceptors (Lipinski definition) is 2. The lowest BCUT2D eigenvalue weighted by atomic mass is 10.0. The fourth-order valence-corrected chi connectivity index (χ4v) is 2.19. The Kier molecular flexibility index (Phi) is 4.23. The molecule has 0 amide bonds. The molecule has 0 saturated heterocycles. The third kappa shape index (κ3) is 2.96. The summed E-state index contributed by atoms with van der Waals surface area (Å²) in [5.74, 6) is 0.915. The van der Waals surface area contributed by atoms with Crippen molar-refractivity contribution in [3.05, 3.63) is 64.7 Å². The first-order valence-corrected chi connectivity index (χ1v) is 6.62. The molecule has 2 heteroatoms. The molecule has 2 aromatic carbocycles. The number of benzene rings is 2. The Morgan fingerprint density at radius 1 is 0.947 bits per heavy atom. The van der Waals surface area contributed by atoms with E-state index in [4.69, 9.17) is 10.5 Å². The topological polar surface area (TPSA) is 35.2 Å². The second-order valence-corrected chi connectivity index (χ2v) is 4.90. The SMILES string of the molecule is Cc1ccccc1C(CN)Oc1cccc(C)c1C. The van der Waals surface area contributed by atoms with Gasteiger partial charge < -0.3 is 10.5 Å². The van der Waals surface area contributed by atoms with Gasteiger partial charge in [-0.15, -0.1) is 0 Å². The standard InChI is InChI=1S/C17H21NO/c1-12-8-6-10-16(14(12)3)19-17(11-18)15-9-5-4-7-13(15)2/h4-10,17H,11,18H2,1-3H3. The maximum atomic E-state index is 6.12. The summed E-state index contributed by atoms with van der Waals surface area (Å²) in [5, 5.41) is 0. The Hall–Kier alpha value is -1.80. The van der Waals surface area contributed by atoms with Crippen LogP contribution in [0.3, 0.4) is 0 Å². The number of nitrogens with two attached hydrogens (primary N) is 1. The zero-order chi connectivity index (χ0) is 13.8. The van der Waals surface area contributed by atoms with Gasteiger partial charge in [0.25, 0.3) is 0 Å². The highest BCUT2D eigenvalue weighted by Gasteiger charge is 2.15. The summed E-state index contributed by atoms with van der Waals surface area (Å²) in [6.07, 6.45) is -0.0956. The van der Waals surface area contributed by atoms with E-state index < -0.39 is 0 Å². The van der Waals surface area contributed by atoms with E-state index in [0.717, 1.165) is 11.3 Å². The number of aryl methyl sites for hydroxylation is 2. The minimum absolute atomic E-state index is 0.0956. The summed E-state index contributed by atoms with van der Waals surface area (Å²) in [6.45, 7) is 6.73. The van der Waals surface area contributed by atoms with Gasteiger partial charge in [-0.3, -0.25) is 0 Å². The number of hydrogen-bond donors (Lipinski definition) is 1. The highest BCUT2D eigenvalue weighted by molar-refractivity contribution is 5.39. The van der Waals surface area contributed by atoms with Crippen LogP contribution in [0.25, 0.3) is 0 Å². The van der Waals surface area contributed by atoms with Crippen LogP contribution >= 0.6 is 0 Å². The molecule has 1 unspecified atom stereocenters. The zero-order valence-corrected chi connectivity index (χ0v) is 11.8. The minimum atomic E-state index is -0.0956. The van der Waals surface area contributed by atoms with Gasteiger partial charge in [-0.05, 0) is 49.1 Å². The Bertz CT molecular complexity index is 563. The smallest absolute Gasteiger partial charge is 0.136 e. The van der Waals surface area contributed by atoms with E-state index >= 15 is 0 Å². The summed E-state index contributed by atoms with van der Waals surface area (Å²) in [5.41, 5.74) is 10.7. The molecule has 100 valence electrons. The first-order chi connectivity index (χ1) is 9.13. The zero-order valence-electron chi connectivity index (χ0n) is 11.8. The Morgan fingerprint density at radius 3 is 2.32 bits per heavy atom. The first kappa shape index (κ1) is 13.6. The third-order valence-electron chi connectivity index (χ3n) is 3.57. The van der Waals surface area contributed by atoms with Crippen LogP contribution in [-0.4, -0.2) is 6.54 Å². The Balaban J connectivity index is 2.30. The van der Waals surface area contributed by atoms with Gasteiger partial charge >= 0.3 is 0 Å². The summed E-state index contributed by atoms with van der Waals surface area (Å²) < 4.78 is 6.12. The lowest BCUT2D eigenvalue weighted by Crippen LogP contribution is -2.19. The molecule has 2 aromatic rings. The van der Waals surface area contributed by atoms with Crippen molar-refractivity contribution in [1.82, 2.24) is 0 Å². The minimum Gasteiger partial charge on any atom is -0.484 e. The fraction of sp³-hybridized carbons (Fsp3) is 0.294. The van der Waals surface area contributed by atoms with Crippen molar-refractivity contribution in [3.63, 3.8) is 0 Å². The maximum absolute atomic E-state index is 6.12. The predicted molar refractivity (Wildman–Crippen MR) is 79.5 cm³/mol. The summed E-state index contributed by atoms with van der Waals surface area (Å²) in [6, 6.07) is 14.3. The normalized spacial score (nSPS) is 12.2. The molecule has 0 aromatic heterocycles. The van der Waals surface area contributed by atoms with Crippen LogP contribution < -0.4 is 10.5 Å². The monoisotopic (exact) mass is 255 g/mol. The molecule has 0 aliphatic heterocycles. The summed E-state index contributed by atoms with van der Waals surface area (Å²) in [7, 11) is 0. The van der Waals surface area contributed by atoms with Crippen LogP contribution in [-0.2, 0) is 0 Å². The van der Waals surface area contributed by atoms with Crippen molar-refractivity contribution in [2.75, 3.05) is 6.54 Å². The molecule has 0 aliphatic carbocycles. The van der Waals surface area contributed by atoms with Crippen LogP contribution in [0.1, 0.15) is 28.4 Å². The fourth-order valence-electron chi connectivity index (χ4n) is 2.19. The van der Waals surface area contributed by atoms with Crippen LogP contribution in [0.4, 0.5) is 0 Å². The van der Waals surface area contributed by atoms with E-state index in [1.807, 2.05) is 24.3 Å². The second kappa shape index (κ2) is 5.89. The summed E-state index contributed by atoms with van der Waals surface area (Å²) in [4.78, 5) is 0. The molecule has 0 heterocycles. The lowest BCUT2D eigenvalue weighted by molar-refractivity contribution is 0.212. The van der Waals surface area contributed by atoms with Crippen LogP contribution in [0.2, 0.25) is 0 Å². The molecule has 2 N–H and O–H groups in total. The molecule has 1 atom stereocenters. The van der Waals surface area contributed by atoms with Crippen molar-refractivity contribution in [2.45, 2.75) is 26.9 Å². The predicted octanol–water partition coefficient (Wildman–Crippen LogP) is 3.69. The third-order valence-corrected chi connectivity index (χ3v) is 3.57. The average Bonchev–Trinajstić information content (AvgIpc) is 2.41. The van der Waals surface area contributed by atoms with Gasteiger partial charge in [-0.25, -0.2) is 0 Å². The molecule has 0 radical (unpaired) electrons. The number of ether oxygens (including phenoxy) is 1. The molecule has 0 bridgehead atoms. The van der Waals surface area contributed by atoms with Crippen molar-refractivity contribution < 1.29 is 4.74 Å². The largest absolute Gasteiger partial charge is 0.484 e. The molecule has 0 saturated carbocycles. The van der Waals surface area contributed by atoms with E-state index in [9.17, 15) is 0 Å². The quantitative estimate of drug-likeness (QED) is 0.904. The van der Waals surface area contributed by atoms with Crippen LogP contribution in [0, 0.1) is 20.8 Å². The van der Waals surface area contributed by atoms with Gasteiger partial charge in [0, 0.05) is 6.54 Å². The second-order valence-electron chi connectivity index (χ2n) is 4.90. The van der Waals surface area contributed by atoms with Crippen molar-refractivity contribution in [3.8, 4) is 5.75 Å². The number of rotatable bonds is 4. The van der Waals surface area contributed by atoms with Gasteiger partial charge in [0.15, 0.2) is 0 Å². The Morgan fingerprint density at radius 2 is 1.63 bits per heavy atom. The van der Waals surface area contributed by atoms with E-state index in [2.05, 4.69) is 39.0 Å². The van der Waals surface area contributed by atoms with E-state index in [1.165, 1.54) is 16.7 Å². The van der Waals surface area contributed by atoms with Gasteiger partial charge in [0.2, 0.25) is 0 Å². The van der Waals surface area contributed by atoms with Gasteiger partial charge in [0.1, 0.15) is 11.9 Å². The van der Waals surface area contributed by atoms with Gasteiger partial charge in [-0.2, -0.15) is 0 Å². The summed E-state index contributed by atoms with van der Waals surface area (Å²) >= 11 is 0. The van der Waals surface area contributed by atoms with Crippen molar-refractivity contribution in [2.24, 2.45) is 5.73 Å². The maximum Gasteiger partial charge on any atom is 0.136 e. The van der Waals surface area contributed by atoms with Gasteiger partial charge in [-0.1, -0.05) is 36.4 Å². The van der Waals surface area contributed by atoms with Crippen molar-refractivity contribution >= 4 is 0 Å². The van der Waals surface area contributed by atoms with Gasteiger partial charge in [0.05, 0.1) is 0 Å². The van der Waals surface area contributed by atoms with E-state index in [0.29, 0.717) is 6.54 Å².